The Bertz CT molecular complexity index is 476. The van der Waals surface area contributed by atoms with Gasteiger partial charge in [-0.15, -0.1) is 0 Å². The van der Waals surface area contributed by atoms with Crippen LogP contribution in [0.15, 0.2) is 36.4 Å². The third kappa shape index (κ3) is 1.23. The zero-order chi connectivity index (χ0) is 11.4. The third-order valence-electron chi connectivity index (χ3n) is 5.15. The summed E-state index contributed by atoms with van der Waals surface area (Å²) in [4.78, 5) is 0. The Morgan fingerprint density at radius 3 is 2.65 bits per heavy atom. The molecular weight excluding hydrogens is 208 g/mol. The number of hydrogen-bond acceptors (Lipinski definition) is 1. The van der Waals surface area contributed by atoms with Gasteiger partial charge >= 0.3 is 0 Å². The summed E-state index contributed by atoms with van der Waals surface area (Å²) in [6.07, 6.45) is 7.96. The lowest BCUT2D eigenvalue weighted by Gasteiger charge is -2.51. The molecule has 0 aromatic heterocycles. The van der Waals surface area contributed by atoms with Crippen molar-refractivity contribution in [2.24, 2.45) is 11.8 Å². The number of rotatable bonds is 0. The Hall–Kier alpha value is -1.08. The van der Waals surface area contributed by atoms with E-state index < -0.39 is 0 Å². The van der Waals surface area contributed by atoms with E-state index in [9.17, 15) is 5.11 Å². The second-order valence-corrected chi connectivity index (χ2v) is 5.85. The quantitative estimate of drug-likeness (QED) is 0.673. The Morgan fingerprint density at radius 2 is 1.76 bits per heavy atom. The fourth-order valence-corrected chi connectivity index (χ4v) is 4.47. The minimum Gasteiger partial charge on any atom is -0.392 e. The molecule has 1 heteroatoms. The molecule has 0 spiro atoms. The molecular formula is C16H18O. The van der Waals surface area contributed by atoms with E-state index in [-0.39, 0.29) is 6.10 Å². The summed E-state index contributed by atoms with van der Waals surface area (Å²) < 4.78 is 0. The van der Waals surface area contributed by atoms with Crippen LogP contribution in [0.1, 0.15) is 42.2 Å². The van der Waals surface area contributed by atoms with Crippen molar-refractivity contribution in [2.75, 3.05) is 0 Å². The fraction of sp³-hybridized carbons (Fsp3) is 0.500. The average molecular weight is 226 g/mol. The fourth-order valence-electron chi connectivity index (χ4n) is 4.47. The van der Waals surface area contributed by atoms with E-state index in [0.717, 1.165) is 12.3 Å². The largest absolute Gasteiger partial charge is 0.392 e. The summed E-state index contributed by atoms with van der Waals surface area (Å²) in [5.41, 5.74) is 2.96. The number of aliphatic hydroxyl groups excluding tert-OH is 1. The van der Waals surface area contributed by atoms with Gasteiger partial charge in [0.15, 0.2) is 0 Å². The molecule has 88 valence electrons. The van der Waals surface area contributed by atoms with Gasteiger partial charge in [0.25, 0.3) is 0 Å². The van der Waals surface area contributed by atoms with Crippen LogP contribution in [-0.4, -0.2) is 11.2 Å². The SMILES string of the molecule is OC1C2CC3CC=CCC1C3c1ccccc12. The highest BCUT2D eigenvalue weighted by molar-refractivity contribution is 5.42. The lowest BCUT2D eigenvalue weighted by atomic mass is 9.55. The molecule has 0 radical (unpaired) electrons. The monoisotopic (exact) mass is 226 g/mol. The van der Waals surface area contributed by atoms with Gasteiger partial charge in [-0.25, -0.2) is 0 Å². The van der Waals surface area contributed by atoms with Crippen molar-refractivity contribution in [1.82, 2.24) is 0 Å². The molecule has 5 unspecified atom stereocenters. The van der Waals surface area contributed by atoms with Crippen LogP contribution in [0.4, 0.5) is 0 Å². The summed E-state index contributed by atoms with van der Waals surface area (Å²) in [5.74, 6) is 2.22. The van der Waals surface area contributed by atoms with Crippen LogP contribution in [0.3, 0.4) is 0 Å². The van der Waals surface area contributed by atoms with Crippen LogP contribution in [-0.2, 0) is 0 Å². The first-order valence-electron chi connectivity index (χ1n) is 6.78. The summed E-state index contributed by atoms with van der Waals surface area (Å²) >= 11 is 0. The Labute approximate surface area is 102 Å². The van der Waals surface area contributed by atoms with E-state index in [4.69, 9.17) is 0 Å². The molecule has 4 aliphatic carbocycles. The Balaban J connectivity index is 1.90. The van der Waals surface area contributed by atoms with Crippen LogP contribution >= 0.6 is 0 Å². The predicted molar refractivity (Wildman–Crippen MR) is 67.9 cm³/mol. The maximum absolute atomic E-state index is 10.5. The van der Waals surface area contributed by atoms with Crippen molar-refractivity contribution < 1.29 is 5.11 Å². The van der Waals surface area contributed by atoms with Crippen molar-refractivity contribution >= 4 is 0 Å². The van der Waals surface area contributed by atoms with E-state index >= 15 is 0 Å². The lowest BCUT2D eigenvalue weighted by molar-refractivity contribution is 0.000889. The lowest BCUT2D eigenvalue weighted by Crippen LogP contribution is -2.45. The van der Waals surface area contributed by atoms with Crippen molar-refractivity contribution in [2.45, 2.75) is 37.2 Å². The van der Waals surface area contributed by atoms with Gasteiger partial charge in [0, 0.05) is 5.92 Å². The van der Waals surface area contributed by atoms with Crippen molar-refractivity contribution in [1.29, 1.82) is 0 Å². The normalized spacial score (nSPS) is 42.1. The second kappa shape index (κ2) is 3.46. The van der Waals surface area contributed by atoms with Crippen LogP contribution in [0.25, 0.3) is 0 Å². The van der Waals surface area contributed by atoms with Gasteiger partial charge < -0.3 is 5.11 Å². The Kier molecular flexibility index (Phi) is 2.01. The number of allylic oxidation sites excluding steroid dienone is 2. The van der Waals surface area contributed by atoms with E-state index in [0.29, 0.717) is 17.8 Å². The smallest absolute Gasteiger partial charge is 0.0645 e. The molecule has 4 aliphatic rings. The van der Waals surface area contributed by atoms with Crippen molar-refractivity contribution in [3.8, 4) is 0 Å². The maximum Gasteiger partial charge on any atom is 0.0645 e. The number of hydrogen-bond donors (Lipinski definition) is 1. The van der Waals surface area contributed by atoms with Gasteiger partial charge in [0.1, 0.15) is 0 Å². The average Bonchev–Trinajstić information content (AvgIpc) is 2.55. The van der Waals surface area contributed by atoms with Gasteiger partial charge in [0.2, 0.25) is 0 Å². The standard InChI is InChI=1S/C16H18O/c17-16-13-8-2-1-5-10-9-14(16)11-6-3-4-7-12(11)15(10)13/h1-4,6-7,10,13-17H,5,8-9H2. The van der Waals surface area contributed by atoms with E-state index in [1.807, 2.05) is 0 Å². The summed E-state index contributed by atoms with van der Waals surface area (Å²) in [6.45, 7) is 0. The van der Waals surface area contributed by atoms with Gasteiger partial charge in [-0.05, 0) is 48.1 Å². The molecule has 1 saturated carbocycles. The predicted octanol–water partition coefficient (Wildman–Crippen LogP) is 3.21. The van der Waals surface area contributed by atoms with Crippen LogP contribution in [0.5, 0.6) is 0 Å². The summed E-state index contributed by atoms with van der Waals surface area (Å²) in [6, 6.07) is 8.80. The molecule has 1 fully saturated rings. The van der Waals surface area contributed by atoms with Gasteiger partial charge in [-0.2, -0.15) is 0 Å². The van der Waals surface area contributed by atoms with Gasteiger partial charge in [-0.3, -0.25) is 0 Å². The highest BCUT2D eigenvalue weighted by Crippen LogP contribution is 2.58. The molecule has 5 atom stereocenters. The van der Waals surface area contributed by atoms with Crippen LogP contribution in [0, 0.1) is 11.8 Å². The molecule has 0 heterocycles. The first-order chi connectivity index (χ1) is 8.36. The third-order valence-corrected chi connectivity index (χ3v) is 5.15. The molecule has 1 aromatic carbocycles. The molecule has 4 bridgehead atoms. The summed E-state index contributed by atoms with van der Waals surface area (Å²) in [5, 5.41) is 10.5. The zero-order valence-corrected chi connectivity index (χ0v) is 9.92. The molecule has 0 saturated heterocycles. The first kappa shape index (κ1) is 9.90. The highest BCUT2D eigenvalue weighted by Gasteiger charge is 2.50. The Morgan fingerprint density at radius 1 is 1.00 bits per heavy atom. The minimum atomic E-state index is -0.117. The van der Waals surface area contributed by atoms with Gasteiger partial charge in [-0.1, -0.05) is 36.4 Å². The van der Waals surface area contributed by atoms with Gasteiger partial charge in [0.05, 0.1) is 6.10 Å². The van der Waals surface area contributed by atoms with E-state index in [1.165, 1.54) is 24.0 Å². The zero-order valence-electron chi connectivity index (χ0n) is 9.92. The van der Waals surface area contributed by atoms with Crippen LogP contribution < -0.4 is 0 Å². The highest BCUT2D eigenvalue weighted by atomic mass is 16.3. The molecule has 1 aromatic rings. The molecule has 5 rings (SSSR count). The number of aliphatic hydroxyl groups is 1. The van der Waals surface area contributed by atoms with E-state index in [1.54, 1.807) is 0 Å². The summed E-state index contributed by atoms with van der Waals surface area (Å²) in [7, 11) is 0. The minimum absolute atomic E-state index is 0.117. The van der Waals surface area contributed by atoms with E-state index in [2.05, 4.69) is 36.4 Å². The van der Waals surface area contributed by atoms with Crippen molar-refractivity contribution in [3.63, 3.8) is 0 Å². The molecule has 17 heavy (non-hydrogen) atoms. The topological polar surface area (TPSA) is 20.2 Å². The maximum atomic E-state index is 10.5. The molecule has 0 amide bonds. The van der Waals surface area contributed by atoms with Crippen molar-refractivity contribution in [3.05, 3.63) is 47.5 Å². The molecule has 1 N–H and O–H groups in total. The molecule has 0 aliphatic heterocycles. The second-order valence-electron chi connectivity index (χ2n) is 5.85. The first-order valence-corrected chi connectivity index (χ1v) is 6.78. The van der Waals surface area contributed by atoms with Crippen LogP contribution in [0.2, 0.25) is 0 Å². The number of benzene rings is 1. The molecule has 1 nitrogen and oxygen atoms in total.